The maximum absolute atomic E-state index is 2.35. The molecule has 0 heterocycles. The molecule has 0 saturated heterocycles. The smallest absolute Gasteiger partial charge is 0.00220 e. The summed E-state index contributed by atoms with van der Waals surface area (Å²) in [5.74, 6) is 0.741. The molecule has 1 nitrogen and oxygen atoms in total. The van der Waals surface area contributed by atoms with Gasteiger partial charge in [-0.2, -0.15) is 0 Å². The molecule has 0 unspecified atom stereocenters. The Morgan fingerprint density at radius 2 is 1.89 bits per heavy atom. The summed E-state index contributed by atoms with van der Waals surface area (Å²) >= 11 is 0. The topological polar surface area (TPSA) is 3.24 Å². The molecule has 0 aliphatic carbocycles. The lowest BCUT2D eigenvalue weighted by molar-refractivity contribution is 0.405. The van der Waals surface area contributed by atoms with Gasteiger partial charge in [0, 0.05) is 0 Å². The van der Waals surface area contributed by atoms with Crippen molar-refractivity contribution in [3.8, 4) is 0 Å². The zero-order valence-corrected chi connectivity index (χ0v) is 7.02. The fraction of sp³-hybridized carbons (Fsp3) is 0.875. The van der Waals surface area contributed by atoms with E-state index in [9.17, 15) is 0 Å². The SMILES string of the molecule is CC(C)[CH]CCN(C)C. The van der Waals surface area contributed by atoms with Crippen molar-refractivity contribution in [2.75, 3.05) is 20.6 Å². The minimum atomic E-state index is 0.741. The van der Waals surface area contributed by atoms with Crippen molar-refractivity contribution in [1.29, 1.82) is 0 Å². The molecule has 1 radical (unpaired) electrons. The lowest BCUT2D eigenvalue weighted by atomic mass is 10.1. The molecule has 0 aromatic carbocycles. The Balaban J connectivity index is 2.91. The first-order valence-electron chi connectivity index (χ1n) is 3.61. The average molecular weight is 128 g/mol. The van der Waals surface area contributed by atoms with Crippen molar-refractivity contribution < 1.29 is 0 Å². The van der Waals surface area contributed by atoms with Gasteiger partial charge in [-0.3, -0.25) is 0 Å². The Bertz CT molecular complexity index is 49.6. The summed E-state index contributed by atoms with van der Waals surface area (Å²) in [4.78, 5) is 2.21. The predicted molar refractivity (Wildman–Crippen MR) is 42.3 cm³/mol. The number of hydrogen-bond donors (Lipinski definition) is 0. The van der Waals surface area contributed by atoms with Gasteiger partial charge in [-0.1, -0.05) is 13.8 Å². The van der Waals surface area contributed by atoms with Crippen molar-refractivity contribution in [1.82, 2.24) is 4.90 Å². The monoisotopic (exact) mass is 128 g/mol. The standard InChI is InChI=1S/C8H18N/c1-8(2)6-5-7-9(3)4/h6,8H,5,7H2,1-4H3. The van der Waals surface area contributed by atoms with Gasteiger partial charge < -0.3 is 4.90 Å². The quantitative estimate of drug-likeness (QED) is 0.558. The van der Waals surface area contributed by atoms with Crippen LogP contribution >= 0.6 is 0 Å². The van der Waals surface area contributed by atoms with Gasteiger partial charge in [0.25, 0.3) is 0 Å². The van der Waals surface area contributed by atoms with Crippen LogP contribution in [0.2, 0.25) is 0 Å². The van der Waals surface area contributed by atoms with Crippen molar-refractivity contribution in [3.63, 3.8) is 0 Å². The Morgan fingerprint density at radius 1 is 1.33 bits per heavy atom. The van der Waals surface area contributed by atoms with Crippen LogP contribution in [0, 0.1) is 12.3 Å². The molecule has 1 heteroatoms. The molecule has 55 valence electrons. The van der Waals surface area contributed by atoms with Crippen molar-refractivity contribution in [2.45, 2.75) is 20.3 Å². The first kappa shape index (κ1) is 8.96. The van der Waals surface area contributed by atoms with E-state index in [1.807, 2.05) is 0 Å². The maximum atomic E-state index is 2.35. The van der Waals surface area contributed by atoms with Crippen LogP contribution in [0.25, 0.3) is 0 Å². The lowest BCUT2D eigenvalue weighted by Gasteiger charge is -2.09. The molecule has 9 heavy (non-hydrogen) atoms. The number of rotatable bonds is 4. The molecular formula is C8H18N. The fourth-order valence-electron chi connectivity index (χ4n) is 0.666. The summed E-state index contributed by atoms with van der Waals surface area (Å²) in [5.41, 5.74) is 0. The van der Waals surface area contributed by atoms with Gasteiger partial charge in [-0.25, -0.2) is 0 Å². The second-order valence-corrected chi connectivity index (χ2v) is 3.07. The van der Waals surface area contributed by atoms with Crippen LogP contribution < -0.4 is 0 Å². The average Bonchev–Trinajstić information content (AvgIpc) is 1.63. The minimum absolute atomic E-state index is 0.741. The van der Waals surface area contributed by atoms with E-state index >= 15 is 0 Å². The van der Waals surface area contributed by atoms with Gasteiger partial charge in [0.15, 0.2) is 0 Å². The van der Waals surface area contributed by atoms with E-state index in [0.717, 1.165) is 5.92 Å². The van der Waals surface area contributed by atoms with Gasteiger partial charge in [0.1, 0.15) is 0 Å². The molecule has 0 spiro atoms. The summed E-state index contributed by atoms with van der Waals surface area (Å²) in [5, 5.41) is 0. The molecule has 0 N–H and O–H groups in total. The second-order valence-electron chi connectivity index (χ2n) is 3.07. The molecule has 0 aromatic heterocycles. The van der Waals surface area contributed by atoms with Crippen LogP contribution in [0.5, 0.6) is 0 Å². The molecule has 0 rings (SSSR count). The Hall–Kier alpha value is -0.0400. The van der Waals surface area contributed by atoms with E-state index in [4.69, 9.17) is 0 Å². The highest BCUT2D eigenvalue weighted by Gasteiger charge is 1.94. The molecule has 0 fully saturated rings. The van der Waals surface area contributed by atoms with Crippen LogP contribution in [0.3, 0.4) is 0 Å². The first-order chi connectivity index (χ1) is 4.13. The van der Waals surface area contributed by atoms with Crippen molar-refractivity contribution in [2.24, 2.45) is 5.92 Å². The van der Waals surface area contributed by atoms with E-state index in [2.05, 4.69) is 39.3 Å². The molecule has 0 amide bonds. The maximum Gasteiger partial charge on any atom is -0.00220 e. The summed E-state index contributed by atoms with van der Waals surface area (Å²) in [6.07, 6.45) is 3.56. The van der Waals surface area contributed by atoms with Crippen molar-refractivity contribution >= 4 is 0 Å². The largest absolute Gasteiger partial charge is 0.309 e. The van der Waals surface area contributed by atoms with Crippen LogP contribution in [0.4, 0.5) is 0 Å². The fourth-order valence-corrected chi connectivity index (χ4v) is 0.666. The third-order valence-corrected chi connectivity index (χ3v) is 1.21. The highest BCUT2D eigenvalue weighted by atomic mass is 15.0. The molecule has 0 aromatic rings. The van der Waals surface area contributed by atoms with Gasteiger partial charge in [-0.15, -0.1) is 0 Å². The summed E-state index contributed by atoms with van der Waals surface area (Å²) in [6.45, 7) is 5.61. The summed E-state index contributed by atoms with van der Waals surface area (Å²) < 4.78 is 0. The molecular weight excluding hydrogens is 110 g/mol. The number of hydrogen-bond acceptors (Lipinski definition) is 1. The summed E-state index contributed by atoms with van der Waals surface area (Å²) in [6, 6.07) is 0. The Morgan fingerprint density at radius 3 is 2.22 bits per heavy atom. The van der Waals surface area contributed by atoms with Crippen LogP contribution in [-0.4, -0.2) is 25.5 Å². The van der Waals surface area contributed by atoms with E-state index in [1.165, 1.54) is 13.0 Å². The van der Waals surface area contributed by atoms with E-state index in [0.29, 0.717) is 0 Å². The van der Waals surface area contributed by atoms with E-state index in [-0.39, 0.29) is 0 Å². The third kappa shape index (κ3) is 7.96. The van der Waals surface area contributed by atoms with Gasteiger partial charge in [0.05, 0.1) is 0 Å². The molecule has 0 aliphatic rings. The first-order valence-corrected chi connectivity index (χ1v) is 3.61. The molecule has 0 bridgehead atoms. The van der Waals surface area contributed by atoms with Crippen LogP contribution in [-0.2, 0) is 0 Å². The second kappa shape index (κ2) is 4.80. The van der Waals surface area contributed by atoms with Crippen LogP contribution in [0.1, 0.15) is 20.3 Å². The zero-order chi connectivity index (χ0) is 7.28. The lowest BCUT2D eigenvalue weighted by Crippen LogP contribution is -2.13. The van der Waals surface area contributed by atoms with Gasteiger partial charge >= 0.3 is 0 Å². The predicted octanol–water partition coefficient (Wildman–Crippen LogP) is 1.80. The van der Waals surface area contributed by atoms with Gasteiger partial charge in [-0.05, 0) is 39.4 Å². The van der Waals surface area contributed by atoms with E-state index in [1.54, 1.807) is 0 Å². The Labute approximate surface area is 59.1 Å². The molecule has 0 atom stereocenters. The highest BCUT2D eigenvalue weighted by molar-refractivity contribution is 4.69. The normalized spacial score (nSPS) is 11.3. The van der Waals surface area contributed by atoms with Crippen LogP contribution in [0.15, 0.2) is 0 Å². The molecule has 0 saturated carbocycles. The third-order valence-electron chi connectivity index (χ3n) is 1.21. The molecule has 0 aliphatic heterocycles. The van der Waals surface area contributed by atoms with Gasteiger partial charge in [0.2, 0.25) is 0 Å². The Kier molecular flexibility index (Phi) is 4.78. The summed E-state index contributed by atoms with van der Waals surface area (Å²) in [7, 11) is 4.21. The zero-order valence-electron chi connectivity index (χ0n) is 7.02. The minimum Gasteiger partial charge on any atom is -0.309 e. The number of nitrogens with zero attached hydrogens (tertiary/aromatic N) is 1. The highest BCUT2D eigenvalue weighted by Crippen LogP contribution is 2.01. The van der Waals surface area contributed by atoms with Crippen molar-refractivity contribution in [3.05, 3.63) is 6.42 Å². The van der Waals surface area contributed by atoms with E-state index < -0.39 is 0 Å².